The summed E-state index contributed by atoms with van der Waals surface area (Å²) in [4.78, 5) is 22.7. The van der Waals surface area contributed by atoms with Crippen LogP contribution in [0.2, 0.25) is 0 Å². The number of carbonyl (C=O) groups excluding carboxylic acids is 1. The van der Waals surface area contributed by atoms with Gasteiger partial charge in [-0.3, -0.25) is 0 Å². The molecule has 0 unspecified atom stereocenters. The summed E-state index contributed by atoms with van der Waals surface area (Å²) in [6, 6.07) is 13.8. The van der Waals surface area contributed by atoms with Gasteiger partial charge >= 0.3 is 5.97 Å². The molecule has 0 aliphatic carbocycles. The number of oxime groups is 2. The van der Waals surface area contributed by atoms with E-state index in [9.17, 15) is 4.79 Å². The zero-order valence-electron chi connectivity index (χ0n) is 18.6. The van der Waals surface area contributed by atoms with Crippen LogP contribution in [-0.2, 0) is 32.2 Å². The molecule has 0 atom stereocenters. The topological polar surface area (TPSA) is 69.5 Å². The third-order valence-corrected chi connectivity index (χ3v) is 4.67. The number of esters is 1. The Morgan fingerprint density at radius 2 is 1.70 bits per heavy atom. The molecule has 2 aromatic carbocycles. The first-order valence-corrected chi connectivity index (χ1v) is 9.92. The summed E-state index contributed by atoms with van der Waals surface area (Å²) in [6.07, 6.45) is 0.973. The molecule has 0 saturated heterocycles. The van der Waals surface area contributed by atoms with Gasteiger partial charge in [0.15, 0.2) is 5.71 Å². The van der Waals surface area contributed by atoms with Crippen molar-refractivity contribution in [3.05, 3.63) is 70.3 Å². The maximum Gasteiger partial charge on any atom is 0.360 e. The molecule has 0 spiro atoms. The second-order valence-corrected chi connectivity index (χ2v) is 7.42. The van der Waals surface area contributed by atoms with Crippen LogP contribution in [0.25, 0.3) is 0 Å². The summed E-state index contributed by atoms with van der Waals surface area (Å²) < 4.78 is 4.84. The van der Waals surface area contributed by atoms with Gasteiger partial charge in [0.1, 0.15) is 13.7 Å². The van der Waals surface area contributed by atoms with Gasteiger partial charge in [-0.15, -0.1) is 0 Å². The van der Waals surface area contributed by atoms with Gasteiger partial charge in [0.25, 0.3) is 0 Å². The van der Waals surface area contributed by atoms with E-state index < -0.39 is 5.97 Å². The fraction of sp³-hybridized carbons (Fsp3) is 0.375. The van der Waals surface area contributed by atoms with Gasteiger partial charge < -0.3 is 14.4 Å². The van der Waals surface area contributed by atoms with E-state index in [1.807, 2.05) is 38.1 Å². The lowest BCUT2D eigenvalue weighted by Gasteiger charge is -2.13. The Bertz CT molecular complexity index is 933. The van der Waals surface area contributed by atoms with Crippen molar-refractivity contribution < 1.29 is 19.2 Å². The molecule has 0 radical (unpaired) electrons. The number of hydrogen-bond acceptors (Lipinski definition) is 6. The van der Waals surface area contributed by atoms with E-state index in [0.29, 0.717) is 11.5 Å². The van der Waals surface area contributed by atoms with Crippen molar-refractivity contribution in [3.8, 4) is 0 Å². The van der Waals surface area contributed by atoms with E-state index in [-0.39, 0.29) is 12.3 Å². The highest BCUT2D eigenvalue weighted by molar-refractivity contribution is 6.43. The van der Waals surface area contributed by atoms with Gasteiger partial charge in [-0.1, -0.05) is 66.6 Å². The third kappa shape index (κ3) is 5.92. The highest BCUT2D eigenvalue weighted by atomic mass is 16.6. The Morgan fingerprint density at radius 3 is 2.37 bits per heavy atom. The number of ether oxygens (including phenoxy) is 1. The number of benzene rings is 2. The molecular formula is C24H30N2O4. The maximum absolute atomic E-state index is 12.2. The molecule has 0 amide bonds. The molecule has 6 heteroatoms. The minimum Gasteiger partial charge on any atom is -0.464 e. The molecule has 0 fully saturated rings. The molecule has 0 heterocycles. The van der Waals surface area contributed by atoms with Crippen molar-refractivity contribution in [2.45, 2.75) is 40.7 Å². The van der Waals surface area contributed by atoms with Gasteiger partial charge in [0.2, 0.25) is 0 Å². The van der Waals surface area contributed by atoms with Crippen LogP contribution >= 0.6 is 0 Å². The Balaban J connectivity index is 2.29. The summed E-state index contributed by atoms with van der Waals surface area (Å²) in [5.74, 6) is -0.0304. The van der Waals surface area contributed by atoms with Gasteiger partial charge in [0.05, 0.1) is 12.8 Å². The van der Waals surface area contributed by atoms with Crippen molar-refractivity contribution in [3.63, 3.8) is 0 Å². The molecule has 0 aromatic heterocycles. The van der Waals surface area contributed by atoms with E-state index in [1.54, 1.807) is 6.07 Å². The van der Waals surface area contributed by atoms with Crippen LogP contribution in [0.5, 0.6) is 0 Å². The van der Waals surface area contributed by atoms with Gasteiger partial charge in [-0.2, -0.15) is 0 Å². The first kappa shape index (κ1) is 23.1. The molecule has 0 bridgehead atoms. The average Bonchev–Trinajstić information content (AvgIpc) is 2.72. The number of aryl methyl sites for hydroxylation is 1. The normalized spacial score (nSPS) is 12.1. The molecule has 6 nitrogen and oxygen atoms in total. The lowest BCUT2D eigenvalue weighted by atomic mass is 9.96. The molecule has 2 rings (SSSR count). The predicted octanol–water partition coefficient (Wildman–Crippen LogP) is 4.66. The van der Waals surface area contributed by atoms with Crippen LogP contribution in [0, 0.1) is 12.8 Å². The zero-order valence-corrected chi connectivity index (χ0v) is 18.6. The molecule has 0 N–H and O–H groups in total. The number of hydrogen-bond donors (Lipinski definition) is 0. The van der Waals surface area contributed by atoms with Crippen molar-refractivity contribution >= 4 is 17.4 Å². The number of rotatable bonds is 9. The standard InChI is InChI=1S/C24H30N2O4/c1-16(2)14-19-11-7-8-12-20(19)18(4)25-30-15-22-17(3)10-9-13-21(22)23(26-29-6)24(27)28-5/h7-13,16H,14-15H2,1-6H3/b25-18+,26-23+. The average molecular weight is 411 g/mol. The van der Waals surface area contributed by atoms with Crippen molar-refractivity contribution in [1.82, 2.24) is 0 Å². The molecule has 30 heavy (non-hydrogen) atoms. The molecular weight excluding hydrogens is 380 g/mol. The van der Waals surface area contributed by atoms with E-state index in [0.717, 1.165) is 28.8 Å². The van der Waals surface area contributed by atoms with Gasteiger partial charge in [0, 0.05) is 16.7 Å². The van der Waals surface area contributed by atoms with Crippen molar-refractivity contribution in [2.24, 2.45) is 16.2 Å². The summed E-state index contributed by atoms with van der Waals surface area (Å²) >= 11 is 0. The fourth-order valence-corrected chi connectivity index (χ4v) is 3.23. The van der Waals surface area contributed by atoms with Crippen LogP contribution in [0.15, 0.2) is 52.8 Å². The molecule has 160 valence electrons. The lowest BCUT2D eigenvalue weighted by molar-refractivity contribution is -0.132. The number of methoxy groups -OCH3 is 1. The quantitative estimate of drug-likeness (QED) is 0.343. The second kappa shape index (κ2) is 11.1. The molecule has 0 saturated carbocycles. The minimum atomic E-state index is -0.578. The summed E-state index contributed by atoms with van der Waals surface area (Å²) in [7, 11) is 2.69. The van der Waals surface area contributed by atoms with Crippen LogP contribution in [-0.4, -0.2) is 31.6 Å². The smallest absolute Gasteiger partial charge is 0.360 e. The Labute approximate surface area is 178 Å². The highest BCUT2D eigenvalue weighted by Gasteiger charge is 2.20. The van der Waals surface area contributed by atoms with Gasteiger partial charge in [-0.05, 0) is 37.3 Å². The Kier molecular flexibility index (Phi) is 8.59. The fourth-order valence-electron chi connectivity index (χ4n) is 3.23. The van der Waals surface area contributed by atoms with E-state index in [2.05, 4.69) is 36.3 Å². The predicted molar refractivity (Wildman–Crippen MR) is 119 cm³/mol. The number of nitrogens with zero attached hydrogens (tertiary/aromatic N) is 2. The first-order chi connectivity index (χ1) is 14.4. The lowest BCUT2D eigenvalue weighted by Crippen LogP contribution is -2.20. The molecule has 0 aliphatic rings. The van der Waals surface area contributed by atoms with E-state index in [4.69, 9.17) is 14.4 Å². The van der Waals surface area contributed by atoms with Crippen molar-refractivity contribution in [2.75, 3.05) is 14.2 Å². The monoisotopic (exact) mass is 410 g/mol. The van der Waals surface area contributed by atoms with E-state index in [1.165, 1.54) is 19.8 Å². The van der Waals surface area contributed by atoms with Crippen molar-refractivity contribution in [1.29, 1.82) is 0 Å². The van der Waals surface area contributed by atoms with Crippen LogP contribution < -0.4 is 0 Å². The van der Waals surface area contributed by atoms with Crippen LogP contribution in [0.1, 0.15) is 48.6 Å². The third-order valence-electron chi connectivity index (χ3n) is 4.67. The number of carbonyl (C=O) groups is 1. The Morgan fingerprint density at radius 1 is 1.00 bits per heavy atom. The summed E-state index contributed by atoms with van der Waals surface area (Å²) in [5.41, 5.74) is 5.56. The second-order valence-electron chi connectivity index (χ2n) is 7.42. The SMILES string of the molecule is CO/N=C(/C(=O)OC)c1cccc(C)c1CO/N=C(\C)c1ccccc1CC(C)C. The largest absolute Gasteiger partial charge is 0.464 e. The molecule has 0 aliphatic heterocycles. The van der Waals surface area contributed by atoms with E-state index >= 15 is 0 Å². The highest BCUT2D eigenvalue weighted by Crippen LogP contribution is 2.19. The summed E-state index contributed by atoms with van der Waals surface area (Å²) in [6.45, 7) is 8.45. The Hall–Kier alpha value is -3.15. The minimum absolute atomic E-state index is 0.0882. The maximum atomic E-state index is 12.2. The zero-order chi connectivity index (χ0) is 22.1. The summed E-state index contributed by atoms with van der Waals surface area (Å²) in [5, 5.41) is 8.19. The van der Waals surface area contributed by atoms with Crippen LogP contribution in [0.3, 0.4) is 0 Å². The van der Waals surface area contributed by atoms with Gasteiger partial charge in [-0.25, -0.2) is 4.79 Å². The van der Waals surface area contributed by atoms with Crippen LogP contribution in [0.4, 0.5) is 0 Å². The molecule has 2 aromatic rings. The first-order valence-electron chi connectivity index (χ1n) is 9.92.